The number of nitrogens with one attached hydrogen (secondary N) is 1. The van der Waals surface area contributed by atoms with Gasteiger partial charge in [-0.25, -0.2) is 14.6 Å². The molecule has 0 spiro atoms. The summed E-state index contributed by atoms with van der Waals surface area (Å²) < 4.78 is 15.7. The number of nitrogens with two attached hydrogens (primary N) is 1. The van der Waals surface area contributed by atoms with E-state index in [9.17, 15) is 0 Å². The zero-order chi connectivity index (χ0) is 19.8. The van der Waals surface area contributed by atoms with E-state index < -0.39 is 0 Å². The number of aromatic nitrogens is 5. The van der Waals surface area contributed by atoms with Crippen LogP contribution in [-0.4, -0.2) is 62.7 Å². The van der Waals surface area contributed by atoms with Crippen molar-refractivity contribution in [1.29, 1.82) is 0 Å². The summed E-state index contributed by atoms with van der Waals surface area (Å²) in [6.07, 6.45) is 1.56. The van der Waals surface area contributed by atoms with E-state index in [1.165, 1.54) is 0 Å². The van der Waals surface area contributed by atoms with Gasteiger partial charge in [-0.15, -0.1) is 0 Å². The van der Waals surface area contributed by atoms with Crippen molar-refractivity contribution >= 4 is 56.5 Å². The fourth-order valence-corrected chi connectivity index (χ4v) is 4.01. The van der Waals surface area contributed by atoms with Crippen molar-refractivity contribution in [3.63, 3.8) is 0 Å². The number of ether oxygens (including phenoxy) is 1. The van der Waals surface area contributed by atoms with Gasteiger partial charge in [-0.1, -0.05) is 5.16 Å². The van der Waals surface area contributed by atoms with E-state index in [4.69, 9.17) is 20.1 Å². The molecule has 29 heavy (non-hydrogen) atoms. The fourth-order valence-electron chi connectivity index (χ4n) is 3.60. The quantitative estimate of drug-likeness (QED) is 0.310. The van der Waals surface area contributed by atoms with Crippen LogP contribution >= 0.6 is 22.9 Å². The molecule has 1 aromatic carbocycles. The van der Waals surface area contributed by atoms with Gasteiger partial charge in [-0.3, -0.25) is 4.90 Å². The predicted octanol–water partition coefficient (Wildman–Crippen LogP) is 2.31. The normalized spacial score (nSPS) is 15.3. The van der Waals surface area contributed by atoms with Gasteiger partial charge >= 0.3 is 0 Å². The lowest BCUT2D eigenvalue weighted by Crippen LogP contribution is -2.38. The molecular weight excluding hydrogens is 487 g/mol. The van der Waals surface area contributed by atoms with Gasteiger partial charge in [-0.2, -0.15) is 5.10 Å². The summed E-state index contributed by atoms with van der Waals surface area (Å²) in [6.45, 7) is 5.03. The summed E-state index contributed by atoms with van der Waals surface area (Å²) >= 11 is 2.08. The molecule has 0 bridgehead atoms. The van der Waals surface area contributed by atoms with Crippen molar-refractivity contribution in [3.8, 4) is 11.3 Å². The Kier molecular flexibility index (Phi) is 4.93. The number of anilines is 2. The van der Waals surface area contributed by atoms with Crippen LogP contribution in [0.25, 0.3) is 33.3 Å². The molecule has 1 fully saturated rings. The number of nitrogens with zero attached hydrogens (tertiary/aromatic N) is 6. The van der Waals surface area contributed by atoms with E-state index in [2.05, 4.69) is 46.4 Å². The molecule has 0 unspecified atom stereocenters. The molecular formula is C18H19IN8O2. The third kappa shape index (κ3) is 3.38. The number of morpholine rings is 1. The van der Waals surface area contributed by atoms with Crippen LogP contribution in [0.2, 0.25) is 0 Å². The molecule has 0 amide bonds. The number of hydrogen-bond donors (Lipinski definition) is 2. The number of fused-ring (bicyclic) bond motifs is 2. The minimum atomic E-state index is 0.362. The van der Waals surface area contributed by atoms with Crippen LogP contribution in [0.15, 0.2) is 29.0 Å². The molecule has 3 aromatic heterocycles. The van der Waals surface area contributed by atoms with Crippen LogP contribution in [0.1, 0.15) is 0 Å². The van der Waals surface area contributed by atoms with Crippen molar-refractivity contribution in [2.24, 2.45) is 0 Å². The first-order valence-corrected chi connectivity index (χ1v) is 10.4. The first-order chi connectivity index (χ1) is 14.2. The summed E-state index contributed by atoms with van der Waals surface area (Å²) in [4.78, 5) is 11.3. The van der Waals surface area contributed by atoms with E-state index in [0.717, 1.165) is 72.9 Å². The number of nitrogen functional groups attached to an aromatic ring is 1. The Morgan fingerprint density at radius 1 is 1.17 bits per heavy atom. The lowest BCUT2D eigenvalue weighted by Gasteiger charge is -2.26. The van der Waals surface area contributed by atoms with Crippen LogP contribution < -0.4 is 9.26 Å². The van der Waals surface area contributed by atoms with Crippen molar-refractivity contribution < 1.29 is 9.26 Å². The van der Waals surface area contributed by atoms with Crippen molar-refractivity contribution in [2.75, 3.05) is 42.1 Å². The monoisotopic (exact) mass is 506 g/mol. The minimum absolute atomic E-state index is 0.362. The van der Waals surface area contributed by atoms with Crippen molar-refractivity contribution in [1.82, 2.24) is 29.8 Å². The van der Waals surface area contributed by atoms with Gasteiger partial charge < -0.3 is 18.5 Å². The molecule has 5 rings (SSSR count). The summed E-state index contributed by atoms with van der Waals surface area (Å²) in [5, 5.41) is 10.4. The molecule has 4 aromatic rings. The highest BCUT2D eigenvalue weighted by atomic mass is 127. The Hall–Kier alpha value is -2.51. The second-order valence-corrected chi connectivity index (χ2v) is 7.36. The molecule has 3 N–H and O–H groups in total. The molecule has 4 heterocycles. The average Bonchev–Trinajstić information content (AvgIpc) is 3.33. The van der Waals surface area contributed by atoms with Gasteiger partial charge in [0.05, 0.1) is 53.4 Å². The molecule has 1 aliphatic rings. The highest BCUT2D eigenvalue weighted by Gasteiger charge is 2.20. The molecule has 11 heteroatoms. The summed E-state index contributed by atoms with van der Waals surface area (Å²) in [7, 11) is 0. The predicted molar refractivity (Wildman–Crippen MR) is 118 cm³/mol. The zero-order valence-electron chi connectivity index (χ0n) is 15.5. The standard InChI is InChI=1S/C18H19IN8O2/c19-23-17-14-15(11-1-2-13-12(9-11)16(20)25-29-13)24-27(18(14)22-10-21-17)4-3-26-5-7-28-8-6-26/h1-2,9-10H,3-8H2,(H2,20,25)(H,21,22,23). The van der Waals surface area contributed by atoms with Crippen LogP contribution in [-0.2, 0) is 11.3 Å². The maximum Gasteiger partial charge on any atom is 0.174 e. The molecule has 0 aliphatic carbocycles. The molecule has 1 aliphatic heterocycles. The Balaban J connectivity index is 1.58. The Bertz CT molecular complexity index is 1170. The first kappa shape index (κ1) is 18.5. The lowest BCUT2D eigenvalue weighted by molar-refractivity contribution is 0.0361. The molecule has 0 atom stereocenters. The van der Waals surface area contributed by atoms with Crippen LogP contribution in [0.3, 0.4) is 0 Å². The van der Waals surface area contributed by atoms with E-state index in [-0.39, 0.29) is 0 Å². The molecule has 0 radical (unpaired) electrons. The van der Waals surface area contributed by atoms with Crippen LogP contribution in [0.5, 0.6) is 0 Å². The minimum Gasteiger partial charge on any atom is -0.380 e. The second-order valence-electron chi connectivity index (χ2n) is 6.82. The van der Waals surface area contributed by atoms with Gasteiger partial charge in [0, 0.05) is 25.2 Å². The van der Waals surface area contributed by atoms with Gasteiger partial charge in [0.15, 0.2) is 17.0 Å². The van der Waals surface area contributed by atoms with Gasteiger partial charge in [-0.05, 0) is 18.2 Å². The number of hydrogen-bond acceptors (Lipinski definition) is 9. The Morgan fingerprint density at radius 3 is 2.86 bits per heavy atom. The molecule has 1 saturated heterocycles. The highest BCUT2D eigenvalue weighted by Crippen LogP contribution is 2.34. The molecule has 0 saturated carbocycles. The zero-order valence-corrected chi connectivity index (χ0v) is 17.7. The smallest absolute Gasteiger partial charge is 0.174 e. The highest BCUT2D eigenvalue weighted by molar-refractivity contribution is 14.1. The van der Waals surface area contributed by atoms with Gasteiger partial charge in [0.25, 0.3) is 0 Å². The van der Waals surface area contributed by atoms with Crippen molar-refractivity contribution in [3.05, 3.63) is 24.5 Å². The number of rotatable bonds is 5. The fraction of sp³-hybridized carbons (Fsp3) is 0.333. The number of benzene rings is 1. The van der Waals surface area contributed by atoms with E-state index in [1.54, 1.807) is 6.33 Å². The largest absolute Gasteiger partial charge is 0.380 e. The lowest BCUT2D eigenvalue weighted by atomic mass is 10.1. The van der Waals surface area contributed by atoms with Crippen LogP contribution in [0.4, 0.5) is 11.6 Å². The van der Waals surface area contributed by atoms with Gasteiger partial charge in [0.1, 0.15) is 17.8 Å². The van der Waals surface area contributed by atoms with Crippen LogP contribution in [0, 0.1) is 0 Å². The van der Waals surface area contributed by atoms with Gasteiger partial charge in [0.2, 0.25) is 0 Å². The van der Waals surface area contributed by atoms with E-state index in [1.807, 2.05) is 22.9 Å². The molecule has 10 nitrogen and oxygen atoms in total. The maximum atomic E-state index is 5.94. The third-order valence-electron chi connectivity index (χ3n) is 5.12. The Labute approximate surface area is 179 Å². The van der Waals surface area contributed by atoms with E-state index >= 15 is 0 Å². The molecule has 150 valence electrons. The maximum absolute atomic E-state index is 5.94. The SMILES string of the molecule is Nc1noc2ccc(-c3nn(CCN4CCOCC4)c4ncnc(NI)c34)cc12. The number of halogens is 1. The topological polar surface area (TPSA) is 120 Å². The second kappa shape index (κ2) is 7.72. The van der Waals surface area contributed by atoms with E-state index in [0.29, 0.717) is 11.4 Å². The summed E-state index contributed by atoms with van der Waals surface area (Å²) in [6, 6.07) is 5.75. The first-order valence-electron chi connectivity index (χ1n) is 9.28. The summed E-state index contributed by atoms with van der Waals surface area (Å²) in [5.74, 6) is 1.09. The summed E-state index contributed by atoms with van der Waals surface area (Å²) in [5.41, 5.74) is 9.08. The average molecular weight is 506 g/mol. The van der Waals surface area contributed by atoms with Crippen molar-refractivity contribution in [2.45, 2.75) is 6.54 Å². The third-order valence-corrected chi connectivity index (χ3v) is 5.63. The Morgan fingerprint density at radius 2 is 2.03 bits per heavy atom.